The van der Waals surface area contributed by atoms with E-state index >= 15 is 0 Å². The monoisotopic (exact) mass is 370 g/mol. The molecular weight excluding hydrogens is 351 g/mol. The zero-order valence-corrected chi connectivity index (χ0v) is 15.6. The second kappa shape index (κ2) is 7.66. The quantitative estimate of drug-likeness (QED) is 0.648. The van der Waals surface area contributed by atoms with E-state index < -0.39 is 0 Å². The van der Waals surface area contributed by atoms with E-state index in [1.54, 1.807) is 37.3 Å². The second-order valence-electron chi connectivity index (χ2n) is 5.87. The minimum absolute atomic E-state index is 0.118. The predicted molar refractivity (Wildman–Crippen MR) is 101 cm³/mol. The molecule has 1 aromatic heterocycles. The third-order valence-electron chi connectivity index (χ3n) is 4.32. The molecule has 6 heteroatoms. The third kappa shape index (κ3) is 3.60. The van der Waals surface area contributed by atoms with Gasteiger partial charge in [-0.1, -0.05) is 24.3 Å². The molecule has 3 rings (SSSR count). The van der Waals surface area contributed by atoms with Crippen molar-refractivity contribution in [1.29, 1.82) is 0 Å². The molecule has 0 bridgehead atoms. The first kappa shape index (κ1) is 18.1. The van der Waals surface area contributed by atoms with Crippen LogP contribution in [0.5, 0.6) is 5.75 Å². The average molecular weight is 370 g/mol. The summed E-state index contributed by atoms with van der Waals surface area (Å²) >= 11 is 1.19. The number of hydrogen-bond acceptors (Lipinski definition) is 4. The van der Waals surface area contributed by atoms with Crippen LogP contribution in [0.2, 0.25) is 0 Å². The molecule has 0 aliphatic carbocycles. The van der Waals surface area contributed by atoms with Gasteiger partial charge in [-0.3, -0.25) is 4.79 Å². The molecule has 0 aliphatic rings. The predicted octanol–water partition coefficient (Wildman–Crippen LogP) is 4.79. The summed E-state index contributed by atoms with van der Waals surface area (Å²) < 4.78 is 19.1. The molecule has 134 valence electrons. The summed E-state index contributed by atoms with van der Waals surface area (Å²) in [6.07, 6.45) is 1.51. The topological polar surface area (TPSA) is 42.4 Å². The van der Waals surface area contributed by atoms with Crippen LogP contribution in [0.1, 0.15) is 28.2 Å². The summed E-state index contributed by atoms with van der Waals surface area (Å²) in [5.41, 5.74) is 1.41. The summed E-state index contributed by atoms with van der Waals surface area (Å²) in [5, 5.41) is 0.497. The van der Waals surface area contributed by atoms with Crippen molar-refractivity contribution < 1.29 is 13.9 Å². The van der Waals surface area contributed by atoms with Crippen LogP contribution >= 0.6 is 11.3 Å². The maximum atomic E-state index is 13.9. The Hall–Kier alpha value is -2.73. The van der Waals surface area contributed by atoms with Gasteiger partial charge in [0.2, 0.25) is 0 Å². The largest absolute Gasteiger partial charge is 0.497 e. The maximum absolute atomic E-state index is 13.9. The van der Waals surface area contributed by atoms with Gasteiger partial charge in [-0.25, -0.2) is 9.37 Å². The second-order valence-corrected chi connectivity index (χ2v) is 6.91. The van der Waals surface area contributed by atoms with Gasteiger partial charge in [0.05, 0.1) is 19.3 Å². The number of carbonyl (C=O) groups is 1. The number of carbonyl (C=O) groups excluding carboxylic acids is 1. The van der Waals surface area contributed by atoms with Crippen LogP contribution < -0.4 is 4.74 Å². The number of thiazole rings is 1. The van der Waals surface area contributed by atoms with E-state index in [0.717, 1.165) is 11.3 Å². The lowest BCUT2D eigenvalue weighted by Crippen LogP contribution is -2.29. The maximum Gasteiger partial charge on any atom is 0.265 e. The molecule has 0 saturated heterocycles. The Bertz CT molecular complexity index is 908. The first-order valence-corrected chi connectivity index (χ1v) is 8.94. The molecule has 0 aliphatic heterocycles. The van der Waals surface area contributed by atoms with Gasteiger partial charge in [-0.2, -0.15) is 0 Å². The Morgan fingerprint density at radius 3 is 2.54 bits per heavy atom. The number of halogens is 1. The van der Waals surface area contributed by atoms with Crippen LogP contribution in [0, 0.1) is 5.82 Å². The summed E-state index contributed by atoms with van der Waals surface area (Å²) in [6.45, 7) is 1.96. The van der Waals surface area contributed by atoms with E-state index in [1.807, 2.05) is 31.2 Å². The standard InChI is InChI=1S/C20H19FN2O2S/c1-13(14-8-10-15(25-3)11-9-14)23(2)20(24)18-12-22-19(26-18)16-6-4-5-7-17(16)21/h4-13H,1-3H3. The van der Waals surface area contributed by atoms with Gasteiger partial charge in [-0.15, -0.1) is 11.3 Å². The van der Waals surface area contributed by atoms with Crippen molar-refractivity contribution in [3.8, 4) is 16.3 Å². The van der Waals surface area contributed by atoms with E-state index in [-0.39, 0.29) is 17.8 Å². The fourth-order valence-corrected chi connectivity index (χ4v) is 3.51. The first-order chi connectivity index (χ1) is 12.5. The molecule has 3 aromatic rings. The molecule has 0 spiro atoms. The highest BCUT2D eigenvalue weighted by atomic mass is 32.1. The molecule has 1 atom stereocenters. The molecule has 1 unspecified atom stereocenters. The van der Waals surface area contributed by atoms with Gasteiger partial charge in [0.1, 0.15) is 21.5 Å². The highest BCUT2D eigenvalue weighted by Gasteiger charge is 2.22. The van der Waals surface area contributed by atoms with Gasteiger partial charge >= 0.3 is 0 Å². The lowest BCUT2D eigenvalue weighted by molar-refractivity contribution is 0.0747. The van der Waals surface area contributed by atoms with Crippen LogP contribution in [0.15, 0.2) is 54.7 Å². The zero-order chi connectivity index (χ0) is 18.7. The van der Waals surface area contributed by atoms with Crippen LogP contribution in [0.3, 0.4) is 0 Å². The molecule has 1 amide bonds. The highest BCUT2D eigenvalue weighted by molar-refractivity contribution is 7.16. The normalized spacial score (nSPS) is 11.8. The van der Waals surface area contributed by atoms with Crippen molar-refractivity contribution in [1.82, 2.24) is 9.88 Å². The molecule has 1 heterocycles. The van der Waals surface area contributed by atoms with Crippen molar-refractivity contribution in [2.24, 2.45) is 0 Å². The molecule has 4 nitrogen and oxygen atoms in total. The Kier molecular flexibility index (Phi) is 5.32. The van der Waals surface area contributed by atoms with Gasteiger partial charge in [-0.05, 0) is 36.8 Å². The van der Waals surface area contributed by atoms with Crippen LogP contribution in [0.4, 0.5) is 4.39 Å². The fourth-order valence-electron chi connectivity index (χ4n) is 2.59. The van der Waals surface area contributed by atoms with Gasteiger partial charge < -0.3 is 9.64 Å². The van der Waals surface area contributed by atoms with Crippen molar-refractivity contribution in [3.05, 3.63) is 71.0 Å². The van der Waals surface area contributed by atoms with Gasteiger partial charge in [0.15, 0.2) is 0 Å². The first-order valence-electron chi connectivity index (χ1n) is 8.13. The lowest BCUT2D eigenvalue weighted by Gasteiger charge is -2.24. The molecule has 0 saturated carbocycles. The molecule has 2 aromatic carbocycles. The Morgan fingerprint density at radius 1 is 1.19 bits per heavy atom. The van der Waals surface area contributed by atoms with Crippen molar-refractivity contribution in [2.45, 2.75) is 13.0 Å². The van der Waals surface area contributed by atoms with Gasteiger partial charge in [0, 0.05) is 12.6 Å². The fraction of sp³-hybridized carbons (Fsp3) is 0.200. The van der Waals surface area contributed by atoms with E-state index in [1.165, 1.54) is 23.6 Å². The van der Waals surface area contributed by atoms with Crippen LogP contribution in [-0.4, -0.2) is 29.9 Å². The number of rotatable bonds is 5. The number of methoxy groups -OCH3 is 1. The third-order valence-corrected chi connectivity index (χ3v) is 5.34. The number of aromatic nitrogens is 1. The Balaban J connectivity index is 1.79. The van der Waals surface area contributed by atoms with E-state index in [9.17, 15) is 9.18 Å². The highest BCUT2D eigenvalue weighted by Crippen LogP contribution is 2.29. The van der Waals surface area contributed by atoms with Crippen molar-refractivity contribution >= 4 is 17.2 Å². The minimum atomic E-state index is -0.346. The minimum Gasteiger partial charge on any atom is -0.497 e. The summed E-state index contributed by atoms with van der Waals surface area (Å²) in [6, 6.07) is 13.9. The number of benzene rings is 2. The number of ether oxygens (including phenoxy) is 1. The summed E-state index contributed by atoms with van der Waals surface area (Å²) in [5.74, 6) is 0.279. The molecule has 26 heavy (non-hydrogen) atoms. The lowest BCUT2D eigenvalue weighted by atomic mass is 10.1. The Labute approximate surface area is 155 Å². The van der Waals surface area contributed by atoms with Gasteiger partial charge in [0.25, 0.3) is 5.91 Å². The van der Waals surface area contributed by atoms with E-state index in [4.69, 9.17) is 4.74 Å². The molecular formula is C20H19FN2O2S. The van der Waals surface area contributed by atoms with Crippen LogP contribution in [-0.2, 0) is 0 Å². The molecule has 0 N–H and O–H groups in total. The van der Waals surface area contributed by atoms with Crippen molar-refractivity contribution in [2.75, 3.05) is 14.2 Å². The zero-order valence-electron chi connectivity index (χ0n) is 14.8. The Morgan fingerprint density at radius 2 is 1.88 bits per heavy atom. The molecule has 0 radical (unpaired) electrons. The SMILES string of the molecule is COc1ccc(C(C)N(C)C(=O)c2cnc(-c3ccccc3F)s2)cc1. The van der Waals surface area contributed by atoms with Crippen LogP contribution in [0.25, 0.3) is 10.6 Å². The van der Waals surface area contributed by atoms with E-state index in [2.05, 4.69) is 4.98 Å². The van der Waals surface area contributed by atoms with E-state index in [0.29, 0.717) is 15.4 Å². The summed E-state index contributed by atoms with van der Waals surface area (Å²) in [7, 11) is 3.37. The average Bonchev–Trinajstić information content (AvgIpc) is 3.16. The van der Waals surface area contributed by atoms with Crippen molar-refractivity contribution in [3.63, 3.8) is 0 Å². The number of nitrogens with zero attached hydrogens (tertiary/aromatic N) is 2. The smallest absolute Gasteiger partial charge is 0.265 e. The molecule has 0 fully saturated rings. The summed E-state index contributed by atoms with van der Waals surface area (Å²) in [4.78, 5) is 19.1. The number of hydrogen-bond donors (Lipinski definition) is 0. The number of amides is 1.